The fourth-order valence-electron chi connectivity index (χ4n) is 2.58. The number of rotatable bonds is 2. The van der Waals surface area contributed by atoms with Gasteiger partial charge in [0.15, 0.2) is 0 Å². The first kappa shape index (κ1) is 12.7. The monoisotopic (exact) mass is 252 g/mol. The molecule has 1 fully saturated rings. The predicted octanol–water partition coefficient (Wildman–Crippen LogP) is 3.29. The van der Waals surface area contributed by atoms with Crippen molar-refractivity contribution in [2.24, 2.45) is 11.7 Å². The van der Waals surface area contributed by atoms with Gasteiger partial charge in [-0.05, 0) is 57.4 Å². The molecule has 1 aromatic carbocycles. The molecule has 0 spiro atoms. The summed E-state index contributed by atoms with van der Waals surface area (Å²) in [4.78, 5) is 2.44. The second-order valence-corrected chi connectivity index (χ2v) is 5.98. The molecule has 0 radical (unpaired) electrons. The minimum absolute atomic E-state index is 0.191. The van der Waals surface area contributed by atoms with Gasteiger partial charge in [-0.15, -0.1) is 0 Å². The van der Waals surface area contributed by atoms with E-state index in [2.05, 4.69) is 24.8 Å². The molecule has 2 N–H and O–H groups in total. The van der Waals surface area contributed by atoms with E-state index in [0.717, 1.165) is 18.1 Å². The number of benzene rings is 1. The van der Waals surface area contributed by atoms with Crippen LogP contribution < -0.4 is 10.6 Å². The van der Waals surface area contributed by atoms with Gasteiger partial charge in [-0.3, -0.25) is 0 Å². The topological polar surface area (TPSA) is 29.3 Å². The van der Waals surface area contributed by atoms with E-state index in [0.29, 0.717) is 5.92 Å². The number of halogens is 1. The lowest BCUT2D eigenvalue weighted by Crippen LogP contribution is -2.51. The van der Waals surface area contributed by atoms with Gasteiger partial charge in [0, 0.05) is 22.8 Å². The van der Waals surface area contributed by atoms with Crippen molar-refractivity contribution in [2.75, 3.05) is 18.0 Å². The van der Waals surface area contributed by atoms with Gasteiger partial charge in [0.2, 0.25) is 0 Å². The molecule has 1 unspecified atom stereocenters. The summed E-state index contributed by atoms with van der Waals surface area (Å²) in [7, 11) is 0. The van der Waals surface area contributed by atoms with Crippen LogP contribution in [0.25, 0.3) is 0 Å². The van der Waals surface area contributed by atoms with Crippen molar-refractivity contribution < 1.29 is 0 Å². The van der Waals surface area contributed by atoms with E-state index in [1.54, 1.807) is 0 Å². The van der Waals surface area contributed by atoms with Crippen molar-refractivity contribution in [1.82, 2.24) is 0 Å². The minimum Gasteiger partial charge on any atom is -0.366 e. The summed E-state index contributed by atoms with van der Waals surface area (Å²) in [6.07, 6.45) is 2.40. The van der Waals surface area contributed by atoms with Crippen LogP contribution in [-0.2, 0) is 0 Å². The molecule has 3 heteroatoms. The van der Waals surface area contributed by atoms with Gasteiger partial charge in [0.1, 0.15) is 0 Å². The molecule has 1 aromatic rings. The first-order chi connectivity index (χ1) is 8.03. The Morgan fingerprint density at radius 1 is 1.47 bits per heavy atom. The molecule has 1 heterocycles. The van der Waals surface area contributed by atoms with Gasteiger partial charge in [-0.2, -0.15) is 0 Å². The normalized spacial score (nSPS) is 23.8. The van der Waals surface area contributed by atoms with Gasteiger partial charge in [-0.1, -0.05) is 17.7 Å². The van der Waals surface area contributed by atoms with Crippen LogP contribution in [0.2, 0.25) is 5.02 Å². The molecule has 0 aliphatic carbocycles. The van der Waals surface area contributed by atoms with E-state index in [-0.39, 0.29) is 5.54 Å². The van der Waals surface area contributed by atoms with Crippen molar-refractivity contribution in [3.05, 3.63) is 29.3 Å². The van der Waals surface area contributed by atoms with Crippen LogP contribution in [0.5, 0.6) is 0 Å². The highest BCUT2D eigenvalue weighted by molar-refractivity contribution is 6.30. The zero-order valence-corrected chi connectivity index (χ0v) is 11.4. The number of nitrogens with zero attached hydrogens (tertiary/aromatic N) is 1. The average Bonchev–Trinajstić information content (AvgIpc) is 2.29. The minimum atomic E-state index is 0.191. The highest BCUT2D eigenvalue weighted by atomic mass is 35.5. The Hall–Kier alpha value is -0.730. The second kappa shape index (κ2) is 4.87. The second-order valence-electron chi connectivity index (χ2n) is 5.54. The van der Waals surface area contributed by atoms with Crippen molar-refractivity contribution in [2.45, 2.75) is 32.2 Å². The Kier molecular flexibility index (Phi) is 3.64. The summed E-state index contributed by atoms with van der Waals surface area (Å²) in [6, 6.07) is 8.11. The fourth-order valence-corrected chi connectivity index (χ4v) is 2.76. The van der Waals surface area contributed by atoms with Crippen molar-refractivity contribution >= 4 is 17.3 Å². The largest absolute Gasteiger partial charge is 0.366 e. The maximum atomic E-state index is 6.08. The molecule has 0 saturated carbocycles. The van der Waals surface area contributed by atoms with Crippen LogP contribution in [-0.4, -0.2) is 18.6 Å². The third-order valence-corrected chi connectivity index (χ3v) is 4.02. The summed E-state index contributed by atoms with van der Waals surface area (Å²) < 4.78 is 0. The molecule has 1 aliphatic heterocycles. The third-order valence-electron chi connectivity index (χ3n) is 3.79. The first-order valence-corrected chi connectivity index (χ1v) is 6.64. The van der Waals surface area contributed by atoms with Crippen LogP contribution in [0.4, 0.5) is 5.69 Å². The van der Waals surface area contributed by atoms with E-state index in [1.165, 1.54) is 18.5 Å². The number of hydrogen-bond donors (Lipinski definition) is 1. The Morgan fingerprint density at radius 2 is 2.24 bits per heavy atom. The van der Waals surface area contributed by atoms with E-state index in [9.17, 15) is 0 Å². The Morgan fingerprint density at radius 3 is 2.88 bits per heavy atom. The predicted molar refractivity (Wildman–Crippen MR) is 74.7 cm³/mol. The van der Waals surface area contributed by atoms with Crippen molar-refractivity contribution in [1.29, 1.82) is 0 Å². The van der Waals surface area contributed by atoms with Gasteiger partial charge in [-0.25, -0.2) is 0 Å². The quantitative estimate of drug-likeness (QED) is 0.875. The summed E-state index contributed by atoms with van der Waals surface area (Å²) >= 11 is 6.08. The SMILES string of the molecule is CC1(C)CCC(CN)CN1c1cccc(Cl)c1. The molecule has 0 amide bonds. The highest BCUT2D eigenvalue weighted by Crippen LogP contribution is 2.35. The van der Waals surface area contributed by atoms with E-state index < -0.39 is 0 Å². The summed E-state index contributed by atoms with van der Waals surface area (Å²) in [6.45, 7) is 6.39. The Bertz CT molecular complexity index is 390. The molecule has 17 heavy (non-hydrogen) atoms. The number of anilines is 1. The lowest BCUT2D eigenvalue weighted by atomic mass is 9.84. The third kappa shape index (κ3) is 2.75. The van der Waals surface area contributed by atoms with Gasteiger partial charge < -0.3 is 10.6 Å². The fraction of sp³-hybridized carbons (Fsp3) is 0.571. The summed E-state index contributed by atoms with van der Waals surface area (Å²) in [5.41, 5.74) is 7.21. The molecule has 0 bridgehead atoms. The summed E-state index contributed by atoms with van der Waals surface area (Å²) in [5, 5.41) is 0.799. The zero-order chi connectivity index (χ0) is 12.5. The number of piperidine rings is 1. The maximum Gasteiger partial charge on any atom is 0.0426 e. The number of hydrogen-bond acceptors (Lipinski definition) is 2. The van der Waals surface area contributed by atoms with E-state index >= 15 is 0 Å². The maximum absolute atomic E-state index is 6.08. The van der Waals surface area contributed by atoms with Gasteiger partial charge in [0.25, 0.3) is 0 Å². The van der Waals surface area contributed by atoms with Crippen LogP contribution in [0.3, 0.4) is 0 Å². The lowest BCUT2D eigenvalue weighted by Gasteiger charge is -2.47. The first-order valence-electron chi connectivity index (χ1n) is 6.26. The Balaban J connectivity index is 2.27. The van der Waals surface area contributed by atoms with Crippen LogP contribution in [0.15, 0.2) is 24.3 Å². The Labute approximate surface area is 109 Å². The highest BCUT2D eigenvalue weighted by Gasteiger charge is 2.33. The lowest BCUT2D eigenvalue weighted by molar-refractivity contribution is 0.295. The average molecular weight is 253 g/mol. The van der Waals surface area contributed by atoms with Gasteiger partial charge in [0.05, 0.1) is 0 Å². The molecule has 94 valence electrons. The van der Waals surface area contributed by atoms with Crippen LogP contribution in [0, 0.1) is 5.92 Å². The van der Waals surface area contributed by atoms with Crippen molar-refractivity contribution in [3.63, 3.8) is 0 Å². The molecule has 2 nitrogen and oxygen atoms in total. The summed E-state index contributed by atoms with van der Waals surface area (Å²) in [5.74, 6) is 0.599. The van der Waals surface area contributed by atoms with E-state index in [1.807, 2.05) is 18.2 Å². The van der Waals surface area contributed by atoms with Gasteiger partial charge >= 0.3 is 0 Å². The molecule has 2 rings (SSSR count). The zero-order valence-electron chi connectivity index (χ0n) is 10.6. The molecule has 1 atom stereocenters. The molecular formula is C14H21ClN2. The van der Waals surface area contributed by atoms with Crippen molar-refractivity contribution in [3.8, 4) is 0 Å². The smallest absolute Gasteiger partial charge is 0.0426 e. The van der Waals surface area contributed by atoms with Crippen LogP contribution in [0.1, 0.15) is 26.7 Å². The van der Waals surface area contributed by atoms with E-state index in [4.69, 9.17) is 17.3 Å². The van der Waals surface area contributed by atoms with Crippen LogP contribution >= 0.6 is 11.6 Å². The molecular weight excluding hydrogens is 232 g/mol. The molecule has 0 aromatic heterocycles. The molecule has 1 aliphatic rings. The number of nitrogens with two attached hydrogens (primary N) is 1. The molecule has 1 saturated heterocycles. The standard InChI is InChI=1S/C14H21ClN2/c1-14(2)7-6-11(9-16)10-17(14)13-5-3-4-12(15)8-13/h3-5,8,11H,6-7,9-10,16H2,1-2H3.